The highest BCUT2D eigenvalue weighted by atomic mass is 79.9. The molecule has 0 atom stereocenters. The third kappa shape index (κ3) is 4.87. The molecule has 1 N–H and O–H groups in total. The van der Waals surface area contributed by atoms with E-state index in [9.17, 15) is 4.79 Å². The average molecular weight is 485 g/mol. The van der Waals surface area contributed by atoms with Crippen LogP contribution in [0.3, 0.4) is 0 Å². The number of aromatic nitrogens is 1. The van der Waals surface area contributed by atoms with E-state index in [1.54, 1.807) is 11.8 Å². The van der Waals surface area contributed by atoms with Crippen molar-refractivity contribution < 1.29 is 31.4 Å². The maximum atomic E-state index is 10.7. The molecule has 0 bridgehead atoms. The number of fused-ring (bicyclic) bond motifs is 2. The van der Waals surface area contributed by atoms with Gasteiger partial charge in [0.1, 0.15) is 6.54 Å². The second kappa shape index (κ2) is 10.1. The second-order valence-electron chi connectivity index (χ2n) is 7.30. The lowest BCUT2D eigenvalue weighted by Gasteiger charge is -2.13. The number of carboxylic acids is 1. The molecule has 0 amide bonds. The number of unbranched alkanes of at least 4 members (excludes halogenated alkanes) is 2. The summed E-state index contributed by atoms with van der Waals surface area (Å²) in [4.78, 5) is 14.2. The molecule has 6 heteroatoms. The maximum Gasteiger partial charge on any atom is 0.303 e. The number of anilines is 1. The Bertz CT molecular complexity index is 1080. The SMILES string of the molecule is CN1/C(=C/c2cc[n+](CCCCCC(=O)O)c3ccccc23)Sc2ccccc21.[Br-]. The fourth-order valence-corrected chi connectivity index (χ4v) is 4.85. The second-order valence-corrected chi connectivity index (χ2v) is 8.36. The lowest BCUT2D eigenvalue weighted by Crippen LogP contribution is -3.00. The Morgan fingerprint density at radius 3 is 2.63 bits per heavy atom. The molecule has 2 heterocycles. The number of thioether (sulfide) groups is 1. The van der Waals surface area contributed by atoms with Crippen LogP contribution < -0.4 is 26.4 Å². The lowest BCUT2D eigenvalue weighted by molar-refractivity contribution is -0.671. The first kappa shape index (κ1) is 22.4. The predicted octanol–water partition coefficient (Wildman–Crippen LogP) is 2.32. The molecular formula is C24H25BrN2O2S. The van der Waals surface area contributed by atoms with E-state index < -0.39 is 5.97 Å². The van der Waals surface area contributed by atoms with E-state index in [0.717, 1.165) is 25.8 Å². The molecule has 30 heavy (non-hydrogen) atoms. The number of pyridine rings is 1. The van der Waals surface area contributed by atoms with Gasteiger partial charge in [-0.25, -0.2) is 0 Å². The summed E-state index contributed by atoms with van der Waals surface area (Å²) in [6.07, 6.45) is 7.33. The van der Waals surface area contributed by atoms with E-state index in [1.165, 1.54) is 32.1 Å². The van der Waals surface area contributed by atoms with E-state index in [0.29, 0.717) is 0 Å². The van der Waals surface area contributed by atoms with Crippen molar-refractivity contribution in [2.24, 2.45) is 0 Å². The molecule has 1 aliphatic rings. The number of hydrogen-bond donors (Lipinski definition) is 1. The van der Waals surface area contributed by atoms with Gasteiger partial charge in [0.15, 0.2) is 6.20 Å². The summed E-state index contributed by atoms with van der Waals surface area (Å²) in [6, 6.07) is 19.2. The number of nitrogens with zero attached hydrogens (tertiary/aromatic N) is 2. The van der Waals surface area contributed by atoms with Gasteiger partial charge in [-0.15, -0.1) is 0 Å². The van der Waals surface area contributed by atoms with Gasteiger partial charge in [-0.3, -0.25) is 4.79 Å². The Hall–Kier alpha value is -2.31. The minimum atomic E-state index is -0.711. The molecule has 3 aromatic rings. The van der Waals surface area contributed by atoms with Gasteiger partial charge in [0.05, 0.1) is 16.1 Å². The fraction of sp³-hybridized carbons (Fsp3) is 0.250. The lowest BCUT2D eigenvalue weighted by atomic mass is 10.1. The fourth-order valence-electron chi connectivity index (χ4n) is 3.74. The molecule has 0 spiro atoms. The van der Waals surface area contributed by atoms with Crippen LogP contribution in [-0.4, -0.2) is 18.1 Å². The Balaban J connectivity index is 0.00000256. The summed E-state index contributed by atoms with van der Waals surface area (Å²) in [6.45, 7) is 0.900. The summed E-state index contributed by atoms with van der Waals surface area (Å²) in [7, 11) is 2.12. The zero-order valence-corrected chi connectivity index (χ0v) is 19.3. The highest BCUT2D eigenvalue weighted by Gasteiger charge is 2.22. The number of aliphatic carboxylic acids is 1. The van der Waals surface area contributed by atoms with Crippen LogP contribution in [0, 0.1) is 0 Å². The standard InChI is InChI=1S/C24H24N2O2S.BrH/c1-25-21-11-6-7-12-22(21)29-23(25)17-18-14-16-26(15-8-2-3-13-24(27)28)20-10-5-4-9-19(18)20;/h4-7,9-12,14,16-17H,2-3,8,13,15H2,1H3;1H. The van der Waals surface area contributed by atoms with Crippen molar-refractivity contribution in [3.8, 4) is 0 Å². The first-order chi connectivity index (χ1) is 14.1. The van der Waals surface area contributed by atoms with Gasteiger partial charge in [0, 0.05) is 36.9 Å². The first-order valence-corrected chi connectivity index (χ1v) is 10.8. The number of carboxylic acid groups (broad SMARTS) is 1. The number of para-hydroxylation sites is 2. The summed E-state index contributed by atoms with van der Waals surface area (Å²) >= 11 is 1.81. The maximum absolute atomic E-state index is 10.7. The number of rotatable bonds is 7. The normalized spacial score (nSPS) is 14.0. The van der Waals surface area contributed by atoms with Crippen LogP contribution in [0.5, 0.6) is 0 Å². The highest BCUT2D eigenvalue weighted by Crippen LogP contribution is 2.45. The van der Waals surface area contributed by atoms with Crippen LogP contribution in [0.2, 0.25) is 0 Å². The topological polar surface area (TPSA) is 44.4 Å². The van der Waals surface area contributed by atoms with Gasteiger partial charge in [-0.05, 0) is 42.7 Å². The molecule has 0 radical (unpaired) electrons. The highest BCUT2D eigenvalue weighted by molar-refractivity contribution is 8.03. The van der Waals surface area contributed by atoms with Crippen molar-refractivity contribution >= 4 is 40.4 Å². The summed E-state index contributed by atoms with van der Waals surface area (Å²) < 4.78 is 2.28. The molecule has 0 aliphatic carbocycles. The first-order valence-electron chi connectivity index (χ1n) is 9.99. The van der Waals surface area contributed by atoms with Gasteiger partial charge in [0.2, 0.25) is 5.52 Å². The zero-order valence-electron chi connectivity index (χ0n) is 16.9. The van der Waals surface area contributed by atoms with Crippen LogP contribution in [0.15, 0.2) is 70.7 Å². The largest absolute Gasteiger partial charge is 1.00 e. The number of aryl methyl sites for hydroxylation is 1. The van der Waals surface area contributed by atoms with E-state index in [4.69, 9.17) is 5.11 Å². The van der Waals surface area contributed by atoms with Crippen LogP contribution in [-0.2, 0) is 11.3 Å². The van der Waals surface area contributed by atoms with Crippen molar-refractivity contribution in [3.05, 3.63) is 71.4 Å². The van der Waals surface area contributed by atoms with Gasteiger partial charge in [-0.2, -0.15) is 4.57 Å². The van der Waals surface area contributed by atoms with Crippen LogP contribution in [0.1, 0.15) is 31.2 Å². The van der Waals surface area contributed by atoms with Crippen molar-refractivity contribution in [2.75, 3.05) is 11.9 Å². The van der Waals surface area contributed by atoms with Crippen LogP contribution in [0.4, 0.5) is 5.69 Å². The smallest absolute Gasteiger partial charge is 0.303 e. The Labute approximate surface area is 192 Å². The van der Waals surface area contributed by atoms with Crippen molar-refractivity contribution in [1.82, 2.24) is 0 Å². The number of hydrogen-bond acceptors (Lipinski definition) is 3. The van der Waals surface area contributed by atoms with Gasteiger partial charge < -0.3 is 27.0 Å². The summed E-state index contributed by atoms with van der Waals surface area (Å²) in [5.41, 5.74) is 3.67. The van der Waals surface area contributed by atoms with Crippen LogP contribution in [0.25, 0.3) is 17.0 Å². The molecule has 1 aliphatic heterocycles. The molecule has 0 fully saturated rings. The predicted molar refractivity (Wildman–Crippen MR) is 119 cm³/mol. The molecule has 2 aromatic carbocycles. The molecule has 4 nitrogen and oxygen atoms in total. The monoisotopic (exact) mass is 484 g/mol. The quantitative estimate of drug-likeness (QED) is 0.412. The molecule has 0 unspecified atom stereocenters. The minimum Gasteiger partial charge on any atom is -1.00 e. The Morgan fingerprint density at radius 1 is 1.07 bits per heavy atom. The summed E-state index contributed by atoms with van der Waals surface area (Å²) in [5, 5.41) is 11.2. The van der Waals surface area contributed by atoms with E-state index in [1.807, 2.05) is 0 Å². The Kier molecular flexibility index (Phi) is 7.56. The van der Waals surface area contributed by atoms with E-state index in [2.05, 4.69) is 83.4 Å². The van der Waals surface area contributed by atoms with E-state index in [-0.39, 0.29) is 23.4 Å². The number of halogens is 1. The third-order valence-electron chi connectivity index (χ3n) is 5.30. The van der Waals surface area contributed by atoms with Crippen molar-refractivity contribution in [2.45, 2.75) is 37.1 Å². The zero-order chi connectivity index (χ0) is 20.2. The van der Waals surface area contributed by atoms with Gasteiger partial charge >= 0.3 is 5.97 Å². The van der Waals surface area contributed by atoms with Crippen molar-refractivity contribution in [3.63, 3.8) is 0 Å². The number of carbonyl (C=O) groups is 1. The minimum absolute atomic E-state index is 0. The van der Waals surface area contributed by atoms with Gasteiger partial charge in [-0.1, -0.05) is 36.0 Å². The Morgan fingerprint density at radius 2 is 1.83 bits per heavy atom. The molecule has 0 saturated carbocycles. The molecular weight excluding hydrogens is 460 g/mol. The molecule has 1 aromatic heterocycles. The van der Waals surface area contributed by atoms with Crippen molar-refractivity contribution in [1.29, 1.82) is 0 Å². The van der Waals surface area contributed by atoms with Crippen LogP contribution >= 0.6 is 11.8 Å². The third-order valence-corrected chi connectivity index (χ3v) is 6.46. The van der Waals surface area contributed by atoms with E-state index >= 15 is 0 Å². The summed E-state index contributed by atoms with van der Waals surface area (Å²) in [5.74, 6) is -0.711. The average Bonchev–Trinajstić information content (AvgIpc) is 3.04. The molecule has 4 rings (SSSR count). The molecule has 156 valence electrons. The number of benzene rings is 2. The molecule has 0 saturated heterocycles. The van der Waals surface area contributed by atoms with Gasteiger partial charge in [0.25, 0.3) is 0 Å².